The van der Waals surface area contributed by atoms with Crippen molar-refractivity contribution in [2.45, 2.75) is 32.1 Å². The van der Waals surface area contributed by atoms with Gasteiger partial charge in [-0.05, 0) is 68.1 Å². The molecule has 1 aliphatic rings. The SMILES string of the molecule is CC(=O)Nc1ccc(-c2ccnc(Nc3ccccc3C3CCCNCC3)n2)cc1. The lowest BCUT2D eigenvalue weighted by Crippen LogP contribution is -2.14. The van der Waals surface area contributed by atoms with E-state index in [9.17, 15) is 4.79 Å². The Labute approximate surface area is 177 Å². The summed E-state index contributed by atoms with van der Waals surface area (Å²) in [4.78, 5) is 20.3. The summed E-state index contributed by atoms with van der Waals surface area (Å²) in [6, 6.07) is 18.0. The zero-order valence-electron chi connectivity index (χ0n) is 17.2. The predicted octanol–water partition coefficient (Wildman–Crippen LogP) is 4.70. The second-order valence-corrected chi connectivity index (χ2v) is 7.61. The summed E-state index contributed by atoms with van der Waals surface area (Å²) >= 11 is 0. The van der Waals surface area contributed by atoms with Crippen LogP contribution in [0.5, 0.6) is 0 Å². The lowest BCUT2D eigenvalue weighted by Gasteiger charge is -2.19. The summed E-state index contributed by atoms with van der Waals surface area (Å²) in [5.41, 5.74) is 4.97. The van der Waals surface area contributed by atoms with Crippen LogP contribution in [-0.2, 0) is 4.79 Å². The molecule has 1 saturated heterocycles. The van der Waals surface area contributed by atoms with Gasteiger partial charge in [-0.3, -0.25) is 4.79 Å². The smallest absolute Gasteiger partial charge is 0.227 e. The van der Waals surface area contributed by atoms with Crippen molar-refractivity contribution in [3.05, 3.63) is 66.4 Å². The third kappa shape index (κ3) is 5.02. The Balaban J connectivity index is 1.55. The zero-order valence-corrected chi connectivity index (χ0v) is 17.2. The van der Waals surface area contributed by atoms with E-state index in [-0.39, 0.29) is 5.91 Å². The molecule has 1 aliphatic heterocycles. The molecule has 6 heteroatoms. The van der Waals surface area contributed by atoms with Crippen molar-refractivity contribution in [1.29, 1.82) is 0 Å². The molecule has 0 bridgehead atoms. The van der Waals surface area contributed by atoms with E-state index in [2.05, 4.69) is 39.1 Å². The molecule has 2 aromatic carbocycles. The summed E-state index contributed by atoms with van der Waals surface area (Å²) in [7, 11) is 0. The number of benzene rings is 2. The third-order valence-electron chi connectivity index (χ3n) is 5.38. The van der Waals surface area contributed by atoms with E-state index in [0.29, 0.717) is 11.9 Å². The fourth-order valence-electron chi connectivity index (χ4n) is 3.92. The molecule has 30 heavy (non-hydrogen) atoms. The lowest BCUT2D eigenvalue weighted by atomic mass is 9.91. The van der Waals surface area contributed by atoms with E-state index >= 15 is 0 Å². The van der Waals surface area contributed by atoms with Gasteiger partial charge in [0, 0.05) is 30.1 Å². The average molecular weight is 402 g/mol. The Morgan fingerprint density at radius 2 is 1.87 bits per heavy atom. The number of para-hydroxylation sites is 1. The molecule has 1 aromatic heterocycles. The summed E-state index contributed by atoms with van der Waals surface area (Å²) in [6.07, 6.45) is 5.29. The molecular formula is C24H27N5O. The first kappa shape index (κ1) is 20.0. The van der Waals surface area contributed by atoms with E-state index in [0.717, 1.165) is 42.1 Å². The van der Waals surface area contributed by atoms with Crippen LogP contribution >= 0.6 is 0 Å². The molecule has 0 saturated carbocycles. The van der Waals surface area contributed by atoms with Crippen LogP contribution in [0, 0.1) is 0 Å². The Morgan fingerprint density at radius 3 is 2.70 bits per heavy atom. The molecule has 1 atom stereocenters. The highest BCUT2D eigenvalue weighted by Gasteiger charge is 2.17. The highest BCUT2D eigenvalue weighted by atomic mass is 16.1. The van der Waals surface area contributed by atoms with Gasteiger partial charge in [0.05, 0.1) is 5.69 Å². The molecule has 4 rings (SSSR count). The van der Waals surface area contributed by atoms with Crippen LogP contribution in [0.15, 0.2) is 60.8 Å². The monoisotopic (exact) mass is 401 g/mol. The van der Waals surface area contributed by atoms with Gasteiger partial charge in [0.2, 0.25) is 11.9 Å². The van der Waals surface area contributed by atoms with Gasteiger partial charge in [0.25, 0.3) is 0 Å². The first-order valence-electron chi connectivity index (χ1n) is 10.5. The van der Waals surface area contributed by atoms with Crippen molar-refractivity contribution in [3.8, 4) is 11.3 Å². The molecular weight excluding hydrogens is 374 g/mol. The molecule has 0 spiro atoms. The van der Waals surface area contributed by atoms with Crippen LogP contribution in [-0.4, -0.2) is 29.0 Å². The first-order chi connectivity index (χ1) is 14.7. The number of amides is 1. The van der Waals surface area contributed by atoms with Crippen LogP contribution < -0.4 is 16.0 Å². The Kier molecular flexibility index (Phi) is 6.35. The fraction of sp³-hybridized carbons (Fsp3) is 0.292. The molecule has 0 aliphatic carbocycles. The van der Waals surface area contributed by atoms with Crippen LogP contribution in [0.2, 0.25) is 0 Å². The summed E-state index contributed by atoms with van der Waals surface area (Å²) < 4.78 is 0. The number of carbonyl (C=O) groups is 1. The fourth-order valence-corrected chi connectivity index (χ4v) is 3.92. The van der Waals surface area contributed by atoms with Crippen LogP contribution in [0.4, 0.5) is 17.3 Å². The number of aromatic nitrogens is 2. The molecule has 0 radical (unpaired) electrons. The normalized spacial score (nSPS) is 16.5. The first-order valence-corrected chi connectivity index (χ1v) is 10.5. The van der Waals surface area contributed by atoms with Gasteiger partial charge in [-0.2, -0.15) is 0 Å². The van der Waals surface area contributed by atoms with E-state index in [1.54, 1.807) is 6.20 Å². The van der Waals surface area contributed by atoms with Crippen LogP contribution in [0.3, 0.4) is 0 Å². The second kappa shape index (κ2) is 9.50. The van der Waals surface area contributed by atoms with Gasteiger partial charge in [-0.1, -0.05) is 30.3 Å². The predicted molar refractivity (Wildman–Crippen MR) is 121 cm³/mol. The number of nitrogens with one attached hydrogen (secondary N) is 3. The Bertz CT molecular complexity index is 994. The molecule has 154 valence electrons. The minimum absolute atomic E-state index is 0.0839. The van der Waals surface area contributed by atoms with Crippen molar-refractivity contribution in [3.63, 3.8) is 0 Å². The maximum absolute atomic E-state index is 11.2. The van der Waals surface area contributed by atoms with Crippen molar-refractivity contribution < 1.29 is 4.79 Å². The van der Waals surface area contributed by atoms with Crippen LogP contribution in [0.25, 0.3) is 11.3 Å². The zero-order chi connectivity index (χ0) is 20.8. The topological polar surface area (TPSA) is 78.9 Å². The molecule has 6 nitrogen and oxygen atoms in total. The molecule has 1 fully saturated rings. The van der Waals surface area contributed by atoms with Gasteiger partial charge >= 0.3 is 0 Å². The van der Waals surface area contributed by atoms with Gasteiger partial charge < -0.3 is 16.0 Å². The maximum Gasteiger partial charge on any atom is 0.227 e. The standard InChI is InChI=1S/C24H27N5O/c1-17(30)27-20-10-8-19(9-11-20)22-13-16-26-24(28-22)29-23-7-3-2-6-21(23)18-5-4-14-25-15-12-18/h2-3,6-11,13,16,18,25H,4-5,12,14-15H2,1H3,(H,27,30)(H,26,28,29). The highest BCUT2D eigenvalue weighted by Crippen LogP contribution is 2.33. The largest absolute Gasteiger partial charge is 0.326 e. The van der Waals surface area contributed by atoms with Gasteiger partial charge in [-0.25, -0.2) is 9.97 Å². The number of nitrogens with zero attached hydrogens (tertiary/aromatic N) is 2. The van der Waals surface area contributed by atoms with Crippen LogP contribution in [0.1, 0.15) is 37.7 Å². The van der Waals surface area contributed by atoms with Crippen molar-refractivity contribution in [2.24, 2.45) is 0 Å². The van der Waals surface area contributed by atoms with E-state index in [1.807, 2.05) is 36.4 Å². The molecule has 2 heterocycles. The van der Waals surface area contributed by atoms with Crippen molar-refractivity contribution in [2.75, 3.05) is 23.7 Å². The minimum atomic E-state index is -0.0839. The second-order valence-electron chi connectivity index (χ2n) is 7.61. The number of hydrogen-bond donors (Lipinski definition) is 3. The average Bonchev–Trinajstić information content (AvgIpc) is 3.04. The third-order valence-corrected chi connectivity index (χ3v) is 5.38. The minimum Gasteiger partial charge on any atom is -0.326 e. The number of hydrogen-bond acceptors (Lipinski definition) is 5. The van der Waals surface area contributed by atoms with Gasteiger partial charge in [-0.15, -0.1) is 0 Å². The van der Waals surface area contributed by atoms with E-state index in [1.165, 1.54) is 25.3 Å². The van der Waals surface area contributed by atoms with Crippen molar-refractivity contribution >= 4 is 23.2 Å². The Morgan fingerprint density at radius 1 is 1.03 bits per heavy atom. The van der Waals surface area contributed by atoms with Crippen molar-refractivity contribution in [1.82, 2.24) is 15.3 Å². The highest BCUT2D eigenvalue weighted by molar-refractivity contribution is 5.88. The molecule has 3 aromatic rings. The summed E-state index contributed by atoms with van der Waals surface area (Å²) in [5, 5.41) is 9.71. The van der Waals surface area contributed by atoms with Gasteiger partial charge in [0.1, 0.15) is 0 Å². The lowest BCUT2D eigenvalue weighted by molar-refractivity contribution is -0.114. The Hall–Kier alpha value is -3.25. The van der Waals surface area contributed by atoms with E-state index < -0.39 is 0 Å². The van der Waals surface area contributed by atoms with E-state index in [4.69, 9.17) is 4.98 Å². The number of carbonyl (C=O) groups excluding carboxylic acids is 1. The summed E-state index contributed by atoms with van der Waals surface area (Å²) in [6.45, 7) is 3.65. The molecule has 3 N–H and O–H groups in total. The quantitative estimate of drug-likeness (QED) is 0.577. The summed E-state index contributed by atoms with van der Waals surface area (Å²) in [5.74, 6) is 1.03. The number of rotatable bonds is 5. The molecule has 1 unspecified atom stereocenters. The molecule has 1 amide bonds. The maximum atomic E-state index is 11.2. The van der Waals surface area contributed by atoms with Gasteiger partial charge in [0.15, 0.2) is 0 Å². The number of anilines is 3.